The zero-order chi connectivity index (χ0) is 26.7. The zero-order valence-electron chi connectivity index (χ0n) is 23.3. The summed E-state index contributed by atoms with van der Waals surface area (Å²) in [6.45, 7) is 18.4. The number of carbonyl (C=O) groups excluding carboxylic acids is 2. The first-order chi connectivity index (χ1) is 16.0. The van der Waals surface area contributed by atoms with Crippen LogP contribution in [0.3, 0.4) is 0 Å². The van der Waals surface area contributed by atoms with Crippen molar-refractivity contribution in [2.45, 2.75) is 123 Å². The lowest BCUT2D eigenvalue weighted by Crippen LogP contribution is -2.63. The average molecular weight is 495 g/mol. The van der Waals surface area contributed by atoms with Crippen molar-refractivity contribution in [3.05, 3.63) is 12.2 Å². The number of ether oxygens (including phenoxy) is 2. The predicted octanol–water partition coefficient (Wildman–Crippen LogP) is 4.76. The van der Waals surface area contributed by atoms with E-state index < -0.39 is 28.2 Å². The maximum Gasteiger partial charge on any atom is 0.408 e. The highest BCUT2D eigenvalue weighted by molar-refractivity contribution is 5.85. The van der Waals surface area contributed by atoms with Gasteiger partial charge in [0, 0.05) is 30.3 Å². The molecule has 2 aliphatic heterocycles. The number of nitrogens with one attached hydrogen (secondary N) is 2. The fourth-order valence-electron chi connectivity index (χ4n) is 5.35. The van der Waals surface area contributed by atoms with Crippen molar-refractivity contribution in [2.75, 3.05) is 13.2 Å². The Balaban J connectivity index is 2.21. The summed E-state index contributed by atoms with van der Waals surface area (Å²) < 4.78 is 11.0. The monoisotopic (exact) mass is 494 g/mol. The Morgan fingerprint density at radius 3 is 2.11 bits per heavy atom. The van der Waals surface area contributed by atoms with Gasteiger partial charge in [0.1, 0.15) is 5.60 Å². The van der Waals surface area contributed by atoms with E-state index in [-0.39, 0.29) is 18.0 Å². The molecule has 0 saturated carbocycles. The van der Waals surface area contributed by atoms with Crippen LogP contribution in [0.25, 0.3) is 0 Å². The van der Waals surface area contributed by atoms with Crippen LogP contribution in [0.2, 0.25) is 0 Å². The second-order valence-corrected chi connectivity index (χ2v) is 13.0. The predicted molar refractivity (Wildman–Crippen MR) is 136 cm³/mol. The lowest BCUT2D eigenvalue weighted by Gasteiger charge is -2.50. The number of rotatable bonds is 7. The van der Waals surface area contributed by atoms with Gasteiger partial charge < -0.3 is 20.1 Å². The molecule has 201 valence electrons. The molecule has 0 spiro atoms. The molecule has 0 aliphatic carbocycles. The first-order valence-electron chi connectivity index (χ1n) is 13.0. The summed E-state index contributed by atoms with van der Waals surface area (Å²) in [7, 11) is 0. The topological polar surface area (TPSA) is 99.8 Å². The van der Waals surface area contributed by atoms with E-state index in [0.717, 1.165) is 6.42 Å². The highest BCUT2D eigenvalue weighted by Gasteiger charge is 2.48. The van der Waals surface area contributed by atoms with Gasteiger partial charge in [-0.1, -0.05) is 26.0 Å². The maximum absolute atomic E-state index is 13.7. The zero-order valence-corrected chi connectivity index (χ0v) is 23.3. The first-order valence-corrected chi connectivity index (χ1v) is 13.0. The lowest BCUT2D eigenvalue weighted by atomic mass is 9.76. The molecule has 2 rings (SSSR count). The molecule has 8 heteroatoms. The van der Waals surface area contributed by atoms with Crippen LogP contribution in [0.1, 0.15) is 94.4 Å². The number of hydrogen-bond donors (Lipinski definition) is 2. The molecule has 1 atom stereocenters. The maximum atomic E-state index is 13.7. The highest BCUT2D eigenvalue weighted by Crippen LogP contribution is 2.39. The molecule has 0 aromatic rings. The highest BCUT2D eigenvalue weighted by atomic mass is 16.6. The van der Waals surface area contributed by atoms with E-state index in [4.69, 9.17) is 9.47 Å². The van der Waals surface area contributed by atoms with E-state index in [1.807, 2.05) is 60.6 Å². The summed E-state index contributed by atoms with van der Waals surface area (Å²) in [5.74, 6) is 0.314. The van der Waals surface area contributed by atoms with Gasteiger partial charge in [-0.2, -0.15) is 0 Å². The normalized spacial score (nSPS) is 23.7. The van der Waals surface area contributed by atoms with Gasteiger partial charge in [-0.3, -0.25) is 4.79 Å². The van der Waals surface area contributed by atoms with E-state index in [1.165, 1.54) is 5.06 Å². The largest absolute Gasteiger partial charge is 0.444 e. The molecule has 2 N–H and O–H groups in total. The van der Waals surface area contributed by atoms with Crippen LogP contribution < -0.4 is 10.6 Å². The Morgan fingerprint density at radius 2 is 1.63 bits per heavy atom. The minimum Gasteiger partial charge on any atom is -0.444 e. The van der Waals surface area contributed by atoms with Gasteiger partial charge in [0.2, 0.25) is 5.91 Å². The van der Waals surface area contributed by atoms with Crippen LogP contribution >= 0.6 is 0 Å². The van der Waals surface area contributed by atoms with Gasteiger partial charge in [-0.25, -0.2) is 4.79 Å². The smallest absolute Gasteiger partial charge is 0.408 e. The van der Waals surface area contributed by atoms with E-state index in [9.17, 15) is 14.8 Å². The van der Waals surface area contributed by atoms with Gasteiger partial charge in [-0.05, 0) is 86.5 Å². The first kappa shape index (κ1) is 29.6. The molecule has 2 heterocycles. The summed E-state index contributed by atoms with van der Waals surface area (Å²) in [5.41, 5.74) is -2.42. The number of nitrogens with zero attached hydrogens (tertiary/aromatic N) is 1. The number of amides is 2. The summed E-state index contributed by atoms with van der Waals surface area (Å²) in [6.07, 6.45) is 6.52. The van der Waals surface area contributed by atoms with Gasteiger partial charge in [0.15, 0.2) is 0 Å². The average Bonchev–Trinajstić information content (AvgIpc) is 2.68. The molecule has 2 saturated heterocycles. The van der Waals surface area contributed by atoms with Crippen molar-refractivity contribution in [3.8, 4) is 0 Å². The standard InChI is InChI=1S/C27H48N3O5/c1-19(2)16-20(29-23(32)35-24(3,4)5)10-11-27(12-14-34-15-13-27)22(31)28-21-17-25(6,7)30(33)26(8,9)18-21/h10-11,19-21H,12-18H2,1-9H3,(H,28,31)(H,29,32)/b11-10+/t20-/m1/s1. The molecule has 1 radical (unpaired) electrons. The molecule has 2 fully saturated rings. The third kappa shape index (κ3) is 8.46. The van der Waals surface area contributed by atoms with Crippen LogP contribution in [0.5, 0.6) is 0 Å². The Kier molecular flexibility index (Phi) is 9.45. The Bertz CT molecular complexity index is 745. The SMILES string of the molecule is CC(C)C[C@@H](/C=C/C1(C(=O)NC2CC(C)(C)N([O])C(C)(C)C2)CCOCC1)NC(=O)OC(C)(C)C. The van der Waals surface area contributed by atoms with Crippen LogP contribution in [0.15, 0.2) is 12.2 Å². The van der Waals surface area contributed by atoms with Crippen molar-refractivity contribution in [1.82, 2.24) is 15.7 Å². The molecule has 0 bridgehead atoms. The minimum atomic E-state index is -0.716. The van der Waals surface area contributed by atoms with Crippen LogP contribution in [-0.4, -0.2) is 59.0 Å². The Hall–Kier alpha value is -1.64. The van der Waals surface area contributed by atoms with E-state index in [2.05, 4.69) is 24.5 Å². The van der Waals surface area contributed by atoms with Gasteiger partial charge in [0.25, 0.3) is 0 Å². The van der Waals surface area contributed by atoms with Gasteiger partial charge >= 0.3 is 6.09 Å². The molecular weight excluding hydrogens is 446 g/mol. The molecule has 2 amide bonds. The number of piperidine rings is 1. The molecule has 8 nitrogen and oxygen atoms in total. The van der Waals surface area contributed by atoms with E-state index >= 15 is 0 Å². The van der Waals surface area contributed by atoms with Crippen LogP contribution in [-0.2, 0) is 19.5 Å². The summed E-state index contributed by atoms with van der Waals surface area (Å²) >= 11 is 0. The second-order valence-electron chi connectivity index (χ2n) is 13.0. The summed E-state index contributed by atoms with van der Waals surface area (Å²) in [4.78, 5) is 26.1. The lowest BCUT2D eigenvalue weighted by molar-refractivity contribution is -0.290. The quantitative estimate of drug-likeness (QED) is 0.497. The van der Waals surface area contributed by atoms with Crippen LogP contribution in [0.4, 0.5) is 4.79 Å². The summed E-state index contributed by atoms with van der Waals surface area (Å²) in [5, 5.41) is 20.1. The molecule has 2 aliphatic rings. The number of hydrogen-bond acceptors (Lipinski definition) is 5. The van der Waals surface area contributed by atoms with Gasteiger partial charge in [-0.15, -0.1) is 10.3 Å². The Labute approximate surface area is 212 Å². The molecular formula is C27H48N3O5. The fourth-order valence-corrected chi connectivity index (χ4v) is 5.35. The molecule has 0 aromatic heterocycles. The number of alkyl carbamates (subject to hydrolysis) is 1. The van der Waals surface area contributed by atoms with E-state index in [1.54, 1.807) is 0 Å². The molecule has 0 aromatic carbocycles. The van der Waals surface area contributed by atoms with Gasteiger partial charge in [0.05, 0.1) is 11.5 Å². The summed E-state index contributed by atoms with van der Waals surface area (Å²) in [6, 6.07) is -0.337. The van der Waals surface area contributed by atoms with Crippen molar-refractivity contribution in [1.29, 1.82) is 0 Å². The third-order valence-electron chi connectivity index (χ3n) is 6.84. The number of carbonyl (C=O) groups is 2. The minimum absolute atomic E-state index is 0.0337. The fraction of sp³-hybridized carbons (Fsp3) is 0.852. The number of hydroxylamine groups is 2. The van der Waals surface area contributed by atoms with Crippen molar-refractivity contribution in [3.63, 3.8) is 0 Å². The second kappa shape index (κ2) is 11.2. The van der Waals surface area contributed by atoms with E-state index in [0.29, 0.717) is 44.8 Å². The molecule has 35 heavy (non-hydrogen) atoms. The van der Waals surface area contributed by atoms with Crippen molar-refractivity contribution >= 4 is 12.0 Å². The van der Waals surface area contributed by atoms with Crippen molar-refractivity contribution in [2.24, 2.45) is 11.3 Å². The van der Waals surface area contributed by atoms with Crippen LogP contribution in [0, 0.1) is 11.3 Å². The van der Waals surface area contributed by atoms with Crippen molar-refractivity contribution < 1.29 is 24.3 Å². The third-order valence-corrected chi connectivity index (χ3v) is 6.84. The Morgan fingerprint density at radius 1 is 1.09 bits per heavy atom. The molecule has 0 unspecified atom stereocenters.